The third-order valence-electron chi connectivity index (χ3n) is 1.82. The van der Waals surface area contributed by atoms with Gasteiger partial charge in [-0.25, -0.2) is 8.78 Å². The predicted molar refractivity (Wildman–Crippen MR) is 48.6 cm³/mol. The fraction of sp³-hybridized carbons (Fsp3) is 0.400. The van der Waals surface area contributed by atoms with Crippen molar-refractivity contribution >= 4 is 0 Å². The fourth-order valence-corrected chi connectivity index (χ4v) is 1.19. The van der Waals surface area contributed by atoms with E-state index in [-0.39, 0.29) is 6.61 Å². The summed E-state index contributed by atoms with van der Waals surface area (Å²) >= 11 is 0. The predicted octanol–water partition coefficient (Wildman–Crippen LogP) is 2.13. The molecule has 0 amide bonds. The summed E-state index contributed by atoms with van der Waals surface area (Å²) in [4.78, 5) is 0. The van der Waals surface area contributed by atoms with Gasteiger partial charge in [0.2, 0.25) is 0 Å². The lowest BCUT2D eigenvalue weighted by Crippen LogP contribution is -2.09. The van der Waals surface area contributed by atoms with Gasteiger partial charge in [0.25, 0.3) is 6.43 Å². The van der Waals surface area contributed by atoms with Crippen LogP contribution in [0.15, 0.2) is 18.2 Å². The number of para-hydroxylation sites is 1. The molecule has 0 radical (unpaired) electrons. The highest BCUT2D eigenvalue weighted by atomic mass is 19.3. The molecule has 0 aliphatic carbocycles. The number of benzene rings is 1. The Balaban J connectivity index is 2.82. The molecule has 1 N–H and O–H groups in total. The van der Waals surface area contributed by atoms with Gasteiger partial charge in [-0.3, -0.25) is 0 Å². The Bertz CT molecular complexity index is 300. The summed E-state index contributed by atoms with van der Waals surface area (Å²) in [5.74, 6) is 0.357. The van der Waals surface area contributed by atoms with Gasteiger partial charge in [-0.2, -0.15) is 0 Å². The van der Waals surface area contributed by atoms with E-state index in [4.69, 9.17) is 9.84 Å². The van der Waals surface area contributed by atoms with Crippen LogP contribution in [0.2, 0.25) is 0 Å². The zero-order valence-electron chi connectivity index (χ0n) is 7.84. The second kappa shape index (κ2) is 4.91. The van der Waals surface area contributed by atoms with Crippen LogP contribution in [0.25, 0.3) is 0 Å². The quantitative estimate of drug-likeness (QED) is 0.810. The summed E-state index contributed by atoms with van der Waals surface area (Å²) in [6, 6.07) is 5.14. The molecule has 0 heterocycles. The third-order valence-corrected chi connectivity index (χ3v) is 1.82. The van der Waals surface area contributed by atoms with Crippen LogP contribution in [0.5, 0.6) is 5.75 Å². The van der Waals surface area contributed by atoms with E-state index in [1.54, 1.807) is 25.1 Å². The molecule has 0 saturated heterocycles. The van der Waals surface area contributed by atoms with Crippen molar-refractivity contribution in [2.75, 3.05) is 6.61 Å². The molecule has 0 aliphatic rings. The van der Waals surface area contributed by atoms with Crippen molar-refractivity contribution in [1.29, 1.82) is 0 Å². The van der Waals surface area contributed by atoms with Crippen LogP contribution >= 0.6 is 0 Å². The molecule has 2 nitrogen and oxygen atoms in total. The van der Waals surface area contributed by atoms with Gasteiger partial charge in [0.15, 0.2) is 0 Å². The van der Waals surface area contributed by atoms with Crippen LogP contribution in [-0.4, -0.2) is 18.1 Å². The van der Waals surface area contributed by atoms with E-state index >= 15 is 0 Å². The molecule has 0 atom stereocenters. The minimum atomic E-state index is -2.50. The van der Waals surface area contributed by atoms with Gasteiger partial charge in [0, 0.05) is 5.56 Å². The number of ether oxygens (including phenoxy) is 1. The summed E-state index contributed by atoms with van der Waals surface area (Å²) < 4.78 is 28.7. The number of halogens is 2. The van der Waals surface area contributed by atoms with E-state index in [0.717, 1.165) is 5.56 Å². The summed E-state index contributed by atoms with van der Waals surface area (Å²) in [5.41, 5.74) is 1.28. The van der Waals surface area contributed by atoms with E-state index < -0.39 is 13.0 Å². The lowest BCUT2D eigenvalue weighted by molar-refractivity contribution is 0.0802. The highest BCUT2D eigenvalue weighted by Crippen LogP contribution is 2.23. The van der Waals surface area contributed by atoms with Gasteiger partial charge in [-0.15, -0.1) is 0 Å². The first-order chi connectivity index (χ1) is 6.65. The van der Waals surface area contributed by atoms with Crippen molar-refractivity contribution in [2.45, 2.75) is 20.0 Å². The first-order valence-corrected chi connectivity index (χ1v) is 4.25. The first-order valence-electron chi connectivity index (χ1n) is 4.25. The van der Waals surface area contributed by atoms with E-state index in [1.807, 2.05) is 0 Å². The van der Waals surface area contributed by atoms with Crippen molar-refractivity contribution < 1.29 is 18.6 Å². The van der Waals surface area contributed by atoms with Gasteiger partial charge < -0.3 is 9.84 Å². The topological polar surface area (TPSA) is 29.5 Å². The van der Waals surface area contributed by atoms with E-state index in [1.165, 1.54) is 0 Å². The van der Waals surface area contributed by atoms with Crippen LogP contribution in [0.4, 0.5) is 8.78 Å². The number of aliphatic hydroxyl groups is 1. The monoisotopic (exact) mass is 202 g/mol. The average molecular weight is 202 g/mol. The first kappa shape index (κ1) is 10.9. The molecule has 0 aromatic heterocycles. The molecule has 0 spiro atoms. The summed E-state index contributed by atoms with van der Waals surface area (Å²) in [7, 11) is 0. The Kier molecular flexibility index (Phi) is 3.83. The summed E-state index contributed by atoms with van der Waals surface area (Å²) in [5, 5.41) is 8.94. The molecule has 0 bridgehead atoms. The minimum Gasteiger partial charge on any atom is -0.487 e. The van der Waals surface area contributed by atoms with Crippen LogP contribution < -0.4 is 4.74 Å². The molecule has 1 aromatic carbocycles. The highest BCUT2D eigenvalue weighted by Gasteiger charge is 2.09. The SMILES string of the molecule is Cc1cccc(CO)c1OCC(F)F. The number of rotatable bonds is 4. The number of alkyl halides is 2. The van der Waals surface area contributed by atoms with Crippen LogP contribution in [0, 0.1) is 6.92 Å². The summed E-state index contributed by atoms with van der Waals surface area (Å²) in [6.07, 6.45) is -2.50. The number of hydrogen-bond acceptors (Lipinski definition) is 2. The lowest BCUT2D eigenvalue weighted by Gasteiger charge is -2.12. The van der Waals surface area contributed by atoms with E-state index in [9.17, 15) is 8.78 Å². The third kappa shape index (κ3) is 2.67. The Hall–Kier alpha value is -1.16. The Morgan fingerprint density at radius 1 is 1.43 bits per heavy atom. The van der Waals surface area contributed by atoms with Crippen molar-refractivity contribution in [3.05, 3.63) is 29.3 Å². The Morgan fingerprint density at radius 3 is 2.71 bits per heavy atom. The molecule has 14 heavy (non-hydrogen) atoms. The lowest BCUT2D eigenvalue weighted by atomic mass is 10.1. The zero-order valence-corrected chi connectivity index (χ0v) is 7.84. The highest BCUT2D eigenvalue weighted by molar-refractivity contribution is 5.40. The zero-order chi connectivity index (χ0) is 10.6. The van der Waals surface area contributed by atoms with Crippen molar-refractivity contribution in [3.63, 3.8) is 0 Å². The molecule has 78 valence electrons. The molecule has 4 heteroatoms. The largest absolute Gasteiger partial charge is 0.487 e. The molecular weight excluding hydrogens is 190 g/mol. The van der Waals surface area contributed by atoms with Gasteiger partial charge in [0.1, 0.15) is 12.4 Å². The molecular formula is C10H12F2O2. The maximum atomic E-state index is 11.9. The van der Waals surface area contributed by atoms with Crippen molar-refractivity contribution in [2.24, 2.45) is 0 Å². The maximum absolute atomic E-state index is 11.9. The maximum Gasteiger partial charge on any atom is 0.272 e. The average Bonchev–Trinajstić information content (AvgIpc) is 2.15. The summed E-state index contributed by atoms with van der Waals surface area (Å²) in [6.45, 7) is 0.901. The smallest absolute Gasteiger partial charge is 0.272 e. The van der Waals surface area contributed by atoms with Crippen LogP contribution in [0.3, 0.4) is 0 Å². The normalized spacial score (nSPS) is 10.6. The number of aryl methyl sites for hydroxylation is 1. The van der Waals surface area contributed by atoms with Crippen molar-refractivity contribution in [3.8, 4) is 5.75 Å². The second-order valence-corrected chi connectivity index (χ2v) is 2.92. The van der Waals surface area contributed by atoms with Crippen molar-refractivity contribution in [1.82, 2.24) is 0 Å². The van der Waals surface area contributed by atoms with Crippen LogP contribution in [0.1, 0.15) is 11.1 Å². The van der Waals surface area contributed by atoms with Gasteiger partial charge in [-0.05, 0) is 12.5 Å². The Labute approximate surface area is 81.1 Å². The van der Waals surface area contributed by atoms with Gasteiger partial charge >= 0.3 is 0 Å². The van der Waals surface area contributed by atoms with E-state index in [2.05, 4.69) is 0 Å². The molecule has 1 aromatic rings. The standard InChI is InChI=1S/C10H12F2O2/c1-7-3-2-4-8(5-13)10(7)14-6-9(11)12/h2-4,9,13H,5-6H2,1H3. The number of hydrogen-bond donors (Lipinski definition) is 1. The molecule has 0 unspecified atom stereocenters. The van der Waals surface area contributed by atoms with E-state index in [0.29, 0.717) is 11.3 Å². The number of aliphatic hydroxyl groups excluding tert-OH is 1. The van der Waals surface area contributed by atoms with Crippen LogP contribution in [-0.2, 0) is 6.61 Å². The second-order valence-electron chi connectivity index (χ2n) is 2.92. The minimum absolute atomic E-state index is 0.208. The molecule has 1 rings (SSSR count). The fourth-order valence-electron chi connectivity index (χ4n) is 1.19. The van der Waals surface area contributed by atoms with Gasteiger partial charge in [0.05, 0.1) is 6.61 Å². The molecule has 0 aliphatic heterocycles. The Morgan fingerprint density at radius 2 is 2.14 bits per heavy atom. The van der Waals surface area contributed by atoms with Gasteiger partial charge in [-0.1, -0.05) is 18.2 Å². The molecule has 0 saturated carbocycles. The molecule has 0 fully saturated rings.